The average Bonchev–Trinajstić information content (AvgIpc) is 2.92. The molecule has 1 aliphatic rings. The van der Waals surface area contributed by atoms with E-state index in [1.54, 1.807) is 0 Å². The maximum Gasteiger partial charge on any atom is 0.323 e. The predicted molar refractivity (Wildman–Crippen MR) is 80.4 cm³/mol. The van der Waals surface area contributed by atoms with Gasteiger partial charge in [-0.15, -0.1) is 0 Å². The second-order valence-corrected chi connectivity index (χ2v) is 5.50. The topological polar surface area (TPSA) is 63.2 Å². The molecule has 0 aliphatic carbocycles. The van der Waals surface area contributed by atoms with Crippen LogP contribution in [0.25, 0.3) is 0 Å². The van der Waals surface area contributed by atoms with Crippen LogP contribution in [0.2, 0.25) is 0 Å². The molecule has 1 fully saturated rings. The van der Waals surface area contributed by atoms with Gasteiger partial charge in [-0.1, -0.05) is 13.8 Å². The lowest BCUT2D eigenvalue weighted by atomic mass is 10.1. The Morgan fingerprint density at radius 1 is 1.20 bits per heavy atom. The number of aromatic nitrogens is 3. The Hall–Kier alpha value is -1.59. The van der Waals surface area contributed by atoms with E-state index in [9.17, 15) is 0 Å². The first kappa shape index (κ1) is 14.8. The zero-order chi connectivity index (χ0) is 14.4. The van der Waals surface area contributed by atoms with Crippen molar-refractivity contribution >= 4 is 11.9 Å². The highest BCUT2D eigenvalue weighted by Crippen LogP contribution is 2.19. The average molecular weight is 279 g/mol. The maximum atomic E-state index is 5.68. The van der Waals surface area contributed by atoms with E-state index in [-0.39, 0.29) is 0 Å². The van der Waals surface area contributed by atoms with Crippen molar-refractivity contribution in [2.24, 2.45) is 5.92 Å². The van der Waals surface area contributed by atoms with Gasteiger partial charge >= 0.3 is 6.01 Å². The van der Waals surface area contributed by atoms with Crippen molar-refractivity contribution in [3.05, 3.63) is 0 Å². The van der Waals surface area contributed by atoms with E-state index in [0.717, 1.165) is 32.0 Å². The highest BCUT2D eigenvalue weighted by atomic mass is 16.5. The van der Waals surface area contributed by atoms with Crippen molar-refractivity contribution < 1.29 is 4.74 Å². The van der Waals surface area contributed by atoms with Crippen molar-refractivity contribution in [1.29, 1.82) is 0 Å². The lowest BCUT2D eigenvalue weighted by Gasteiger charge is -2.16. The first-order valence-corrected chi connectivity index (χ1v) is 7.56. The number of rotatable bonds is 7. The first-order valence-electron chi connectivity index (χ1n) is 7.56. The van der Waals surface area contributed by atoms with Crippen LogP contribution in [0, 0.1) is 5.92 Å². The number of hydrogen-bond acceptors (Lipinski definition) is 6. The minimum absolute atomic E-state index is 0.429. The zero-order valence-corrected chi connectivity index (χ0v) is 12.7. The molecule has 1 saturated heterocycles. The summed E-state index contributed by atoms with van der Waals surface area (Å²) in [5, 5.41) is 3.14. The Balaban J connectivity index is 2.08. The summed E-state index contributed by atoms with van der Waals surface area (Å²) >= 11 is 0. The van der Waals surface area contributed by atoms with E-state index in [0.29, 0.717) is 24.5 Å². The lowest BCUT2D eigenvalue weighted by molar-refractivity contribution is 0.268. The van der Waals surface area contributed by atoms with Gasteiger partial charge in [-0.2, -0.15) is 15.0 Å². The fourth-order valence-corrected chi connectivity index (χ4v) is 2.09. The molecule has 1 N–H and O–H groups in total. The Kier molecular flexibility index (Phi) is 5.38. The molecule has 0 aromatic carbocycles. The minimum Gasteiger partial charge on any atom is -0.463 e. The van der Waals surface area contributed by atoms with Crippen LogP contribution < -0.4 is 15.0 Å². The first-order chi connectivity index (χ1) is 9.69. The van der Waals surface area contributed by atoms with Crippen LogP contribution in [0.5, 0.6) is 6.01 Å². The van der Waals surface area contributed by atoms with Gasteiger partial charge < -0.3 is 15.0 Å². The van der Waals surface area contributed by atoms with Crippen LogP contribution in [0.3, 0.4) is 0 Å². The van der Waals surface area contributed by atoms with E-state index >= 15 is 0 Å². The van der Waals surface area contributed by atoms with Gasteiger partial charge in [0.1, 0.15) is 0 Å². The molecule has 0 bridgehead atoms. The molecule has 0 saturated carbocycles. The van der Waals surface area contributed by atoms with Gasteiger partial charge in [0, 0.05) is 19.6 Å². The van der Waals surface area contributed by atoms with Crippen LogP contribution in [0.1, 0.15) is 40.0 Å². The van der Waals surface area contributed by atoms with Gasteiger partial charge in [-0.3, -0.25) is 0 Å². The Morgan fingerprint density at radius 2 is 1.95 bits per heavy atom. The smallest absolute Gasteiger partial charge is 0.323 e. The molecular formula is C14H25N5O. The standard InChI is InChI=1S/C14H25N5O/c1-4-15-12-16-13(19-8-5-6-9-19)18-14(17-12)20-10-7-11(2)3/h11H,4-10H2,1-3H3,(H,15,16,17,18). The summed E-state index contributed by atoms with van der Waals surface area (Å²) in [5.41, 5.74) is 0. The highest BCUT2D eigenvalue weighted by molar-refractivity contribution is 5.39. The summed E-state index contributed by atoms with van der Waals surface area (Å²) in [5.74, 6) is 1.94. The second kappa shape index (κ2) is 7.26. The van der Waals surface area contributed by atoms with Crippen LogP contribution in [-0.2, 0) is 0 Å². The summed E-state index contributed by atoms with van der Waals surface area (Å²) in [6.07, 6.45) is 3.40. The fraction of sp³-hybridized carbons (Fsp3) is 0.786. The summed E-state index contributed by atoms with van der Waals surface area (Å²) < 4.78 is 5.68. The largest absolute Gasteiger partial charge is 0.463 e. The molecule has 1 aromatic rings. The highest BCUT2D eigenvalue weighted by Gasteiger charge is 2.17. The number of ether oxygens (including phenoxy) is 1. The molecule has 1 aliphatic heterocycles. The van der Waals surface area contributed by atoms with Crippen molar-refractivity contribution in [2.75, 3.05) is 36.5 Å². The summed E-state index contributed by atoms with van der Waals surface area (Å²) in [4.78, 5) is 15.4. The molecule has 0 radical (unpaired) electrons. The molecule has 0 atom stereocenters. The SMILES string of the molecule is CCNc1nc(OCCC(C)C)nc(N2CCCC2)n1. The normalized spacial score (nSPS) is 14.9. The molecule has 112 valence electrons. The van der Waals surface area contributed by atoms with E-state index in [4.69, 9.17) is 4.74 Å². The van der Waals surface area contributed by atoms with Crippen molar-refractivity contribution in [1.82, 2.24) is 15.0 Å². The van der Waals surface area contributed by atoms with E-state index < -0.39 is 0 Å². The van der Waals surface area contributed by atoms with Gasteiger partial charge in [0.05, 0.1) is 6.61 Å². The van der Waals surface area contributed by atoms with Crippen LogP contribution in [0.4, 0.5) is 11.9 Å². The molecule has 20 heavy (non-hydrogen) atoms. The van der Waals surface area contributed by atoms with Gasteiger partial charge in [-0.05, 0) is 32.1 Å². The van der Waals surface area contributed by atoms with Gasteiger partial charge in [-0.25, -0.2) is 0 Å². The molecule has 6 nitrogen and oxygen atoms in total. The molecule has 0 unspecified atom stereocenters. The number of nitrogens with one attached hydrogen (secondary N) is 1. The van der Waals surface area contributed by atoms with Gasteiger partial charge in [0.15, 0.2) is 0 Å². The minimum atomic E-state index is 0.429. The van der Waals surface area contributed by atoms with E-state index in [2.05, 4.69) is 39.0 Å². The fourth-order valence-electron chi connectivity index (χ4n) is 2.09. The molecule has 1 aromatic heterocycles. The predicted octanol–water partition coefficient (Wildman–Crippen LogP) is 2.33. The molecule has 0 spiro atoms. The third-order valence-corrected chi connectivity index (χ3v) is 3.25. The maximum absolute atomic E-state index is 5.68. The second-order valence-electron chi connectivity index (χ2n) is 5.50. The van der Waals surface area contributed by atoms with Crippen molar-refractivity contribution in [3.8, 4) is 6.01 Å². The van der Waals surface area contributed by atoms with Gasteiger partial charge in [0.2, 0.25) is 11.9 Å². The van der Waals surface area contributed by atoms with Crippen LogP contribution >= 0.6 is 0 Å². The number of anilines is 2. The summed E-state index contributed by atoms with van der Waals surface area (Å²) in [7, 11) is 0. The number of hydrogen-bond donors (Lipinski definition) is 1. The molecule has 2 rings (SSSR count). The Labute approximate surface area is 121 Å². The van der Waals surface area contributed by atoms with Crippen molar-refractivity contribution in [3.63, 3.8) is 0 Å². The zero-order valence-electron chi connectivity index (χ0n) is 12.7. The molecule has 6 heteroatoms. The van der Waals surface area contributed by atoms with E-state index in [1.165, 1.54) is 12.8 Å². The Bertz CT molecular complexity index is 418. The summed E-state index contributed by atoms with van der Waals surface area (Å²) in [6, 6.07) is 0.429. The van der Waals surface area contributed by atoms with Crippen LogP contribution in [0.15, 0.2) is 0 Å². The van der Waals surface area contributed by atoms with Crippen molar-refractivity contribution in [2.45, 2.75) is 40.0 Å². The van der Waals surface area contributed by atoms with Gasteiger partial charge in [0.25, 0.3) is 0 Å². The third kappa shape index (κ3) is 4.21. The third-order valence-electron chi connectivity index (χ3n) is 3.25. The van der Waals surface area contributed by atoms with Crippen LogP contribution in [-0.4, -0.2) is 41.2 Å². The lowest BCUT2D eigenvalue weighted by Crippen LogP contribution is -2.22. The molecule has 2 heterocycles. The quantitative estimate of drug-likeness (QED) is 0.826. The molecule has 0 amide bonds. The summed E-state index contributed by atoms with van der Waals surface area (Å²) in [6.45, 7) is 9.84. The monoisotopic (exact) mass is 279 g/mol. The van der Waals surface area contributed by atoms with E-state index in [1.807, 2.05) is 6.92 Å². The molecular weight excluding hydrogens is 254 g/mol. The Morgan fingerprint density at radius 3 is 2.60 bits per heavy atom. The number of nitrogens with zero attached hydrogens (tertiary/aromatic N) is 4.